The van der Waals surface area contributed by atoms with Gasteiger partial charge in [0.2, 0.25) is 0 Å². The smallest absolute Gasteiger partial charge is 0.294 e. The van der Waals surface area contributed by atoms with Gasteiger partial charge in [-0.3, -0.25) is 0 Å². The summed E-state index contributed by atoms with van der Waals surface area (Å²) in [4.78, 5) is 4.25. The van der Waals surface area contributed by atoms with Gasteiger partial charge in [0, 0.05) is 7.05 Å². The van der Waals surface area contributed by atoms with Crippen molar-refractivity contribution in [2.75, 3.05) is 12.4 Å². The number of rotatable bonds is 5. The van der Waals surface area contributed by atoms with E-state index in [1.807, 2.05) is 7.05 Å². The lowest BCUT2D eigenvalue weighted by molar-refractivity contribution is 0.548. The maximum atomic E-state index is 5.15. The number of nitrogens with one attached hydrogen (secondary N) is 1. The van der Waals surface area contributed by atoms with Gasteiger partial charge in [0.25, 0.3) is 6.01 Å². The summed E-state index contributed by atoms with van der Waals surface area (Å²) in [5, 5.41) is 2.87. The topological polar surface area (TPSA) is 38.1 Å². The summed E-state index contributed by atoms with van der Waals surface area (Å²) < 4.78 is 5.15. The van der Waals surface area contributed by atoms with Crippen molar-refractivity contribution in [1.29, 1.82) is 0 Å². The Hall–Kier alpha value is -0.990. The molecule has 1 N–H and O–H groups in total. The van der Waals surface area contributed by atoms with Crippen LogP contribution in [0.5, 0.6) is 0 Å². The molecule has 1 heterocycles. The zero-order valence-corrected chi connectivity index (χ0v) is 8.63. The quantitative estimate of drug-likeness (QED) is 0.760. The van der Waals surface area contributed by atoms with Crippen LogP contribution in [0.3, 0.4) is 0 Å². The van der Waals surface area contributed by atoms with Crippen molar-refractivity contribution in [2.45, 2.75) is 33.1 Å². The van der Waals surface area contributed by atoms with Crippen LogP contribution in [0.4, 0.5) is 6.01 Å². The van der Waals surface area contributed by atoms with Gasteiger partial charge >= 0.3 is 0 Å². The Balaban J connectivity index is 2.28. The van der Waals surface area contributed by atoms with Gasteiger partial charge in [-0.15, -0.1) is 0 Å². The van der Waals surface area contributed by atoms with E-state index in [2.05, 4.69) is 24.1 Å². The summed E-state index contributed by atoms with van der Waals surface area (Å²) in [5.41, 5.74) is 1.05. The molecule has 0 radical (unpaired) electrons. The van der Waals surface area contributed by atoms with Crippen molar-refractivity contribution >= 4 is 6.01 Å². The first kappa shape index (κ1) is 10.1. The van der Waals surface area contributed by atoms with Gasteiger partial charge in [0.1, 0.15) is 6.26 Å². The lowest BCUT2D eigenvalue weighted by Crippen LogP contribution is -1.92. The molecule has 0 spiro atoms. The number of aryl methyl sites for hydroxylation is 1. The molecule has 0 fully saturated rings. The van der Waals surface area contributed by atoms with Crippen LogP contribution in [-0.2, 0) is 6.42 Å². The fraction of sp³-hybridized carbons (Fsp3) is 0.700. The second-order valence-electron chi connectivity index (χ2n) is 3.68. The van der Waals surface area contributed by atoms with Gasteiger partial charge in [-0.1, -0.05) is 20.3 Å². The van der Waals surface area contributed by atoms with Crippen LogP contribution >= 0.6 is 0 Å². The summed E-state index contributed by atoms with van der Waals surface area (Å²) in [6.07, 6.45) is 5.19. The van der Waals surface area contributed by atoms with Crippen LogP contribution in [0, 0.1) is 5.92 Å². The van der Waals surface area contributed by atoms with Crippen molar-refractivity contribution in [3.63, 3.8) is 0 Å². The van der Waals surface area contributed by atoms with Crippen LogP contribution in [0.15, 0.2) is 10.7 Å². The Kier molecular flexibility index (Phi) is 3.80. The monoisotopic (exact) mass is 182 g/mol. The van der Waals surface area contributed by atoms with Gasteiger partial charge in [0.15, 0.2) is 0 Å². The number of oxazole rings is 1. The first-order valence-corrected chi connectivity index (χ1v) is 4.84. The Morgan fingerprint density at radius 3 is 2.85 bits per heavy atom. The molecule has 0 aromatic carbocycles. The minimum absolute atomic E-state index is 0.611. The van der Waals surface area contributed by atoms with Crippen molar-refractivity contribution < 1.29 is 4.42 Å². The summed E-state index contributed by atoms with van der Waals surface area (Å²) in [6.45, 7) is 4.48. The summed E-state index contributed by atoms with van der Waals surface area (Å²) >= 11 is 0. The molecule has 0 saturated heterocycles. The zero-order chi connectivity index (χ0) is 9.68. The van der Waals surface area contributed by atoms with E-state index in [9.17, 15) is 0 Å². The number of hydrogen-bond acceptors (Lipinski definition) is 3. The highest BCUT2D eigenvalue weighted by Gasteiger charge is 2.02. The predicted molar refractivity (Wildman–Crippen MR) is 53.8 cm³/mol. The van der Waals surface area contributed by atoms with Crippen LogP contribution in [0.2, 0.25) is 0 Å². The Morgan fingerprint density at radius 2 is 2.31 bits per heavy atom. The summed E-state index contributed by atoms with van der Waals surface area (Å²) in [7, 11) is 1.81. The molecular weight excluding hydrogens is 164 g/mol. The van der Waals surface area contributed by atoms with Crippen molar-refractivity contribution in [1.82, 2.24) is 4.98 Å². The molecule has 0 aliphatic heterocycles. The van der Waals surface area contributed by atoms with E-state index in [0.717, 1.165) is 18.0 Å². The molecule has 0 amide bonds. The Bertz CT molecular complexity index is 243. The summed E-state index contributed by atoms with van der Waals surface area (Å²) in [5.74, 6) is 0.774. The fourth-order valence-electron chi connectivity index (χ4n) is 1.23. The first-order chi connectivity index (χ1) is 6.22. The third-order valence-electron chi connectivity index (χ3n) is 1.98. The minimum Gasteiger partial charge on any atom is -0.432 e. The Morgan fingerprint density at radius 1 is 1.54 bits per heavy atom. The molecule has 0 saturated carbocycles. The van der Waals surface area contributed by atoms with E-state index >= 15 is 0 Å². The van der Waals surface area contributed by atoms with E-state index in [0.29, 0.717) is 6.01 Å². The van der Waals surface area contributed by atoms with E-state index in [4.69, 9.17) is 4.42 Å². The molecule has 1 rings (SSSR count). The normalized spacial score (nSPS) is 10.8. The highest BCUT2D eigenvalue weighted by molar-refractivity contribution is 5.19. The number of anilines is 1. The highest BCUT2D eigenvalue weighted by Crippen LogP contribution is 2.11. The second-order valence-corrected chi connectivity index (χ2v) is 3.68. The molecule has 3 heteroatoms. The van der Waals surface area contributed by atoms with Crippen LogP contribution in [0.25, 0.3) is 0 Å². The molecule has 13 heavy (non-hydrogen) atoms. The van der Waals surface area contributed by atoms with Crippen molar-refractivity contribution in [3.8, 4) is 0 Å². The third kappa shape index (κ3) is 3.49. The number of nitrogens with zero attached hydrogens (tertiary/aromatic N) is 1. The van der Waals surface area contributed by atoms with E-state index < -0.39 is 0 Å². The van der Waals surface area contributed by atoms with E-state index in [1.165, 1.54) is 12.8 Å². The standard InChI is InChI=1S/C10H18N2O/c1-8(2)5-4-6-9-7-13-10(11-3)12-9/h7-8H,4-6H2,1-3H3,(H,11,12). The second kappa shape index (κ2) is 4.90. The minimum atomic E-state index is 0.611. The van der Waals surface area contributed by atoms with Crippen LogP contribution in [-0.4, -0.2) is 12.0 Å². The maximum absolute atomic E-state index is 5.15. The molecule has 74 valence electrons. The largest absolute Gasteiger partial charge is 0.432 e. The SMILES string of the molecule is CNc1nc(CCCC(C)C)co1. The predicted octanol–water partition coefficient (Wildman–Crippen LogP) is 2.70. The van der Waals surface area contributed by atoms with Gasteiger partial charge in [-0.2, -0.15) is 4.98 Å². The molecule has 1 aromatic rings. The highest BCUT2D eigenvalue weighted by atomic mass is 16.4. The molecule has 0 aliphatic rings. The maximum Gasteiger partial charge on any atom is 0.294 e. The van der Waals surface area contributed by atoms with Crippen LogP contribution < -0.4 is 5.32 Å². The number of hydrogen-bond donors (Lipinski definition) is 1. The zero-order valence-electron chi connectivity index (χ0n) is 8.63. The average molecular weight is 182 g/mol. The lowest BCUT2D eigenvalue weighted by Gasteiger charge is -2.01. The first-order valence-electron chi connectivity index (χ1n) is 4.84. The third-order valence-corrected chi connectivity index (χ3v) is 1.98. The molecule has 0 aliphatic carbocycles. The molecule has 1 aromatic heterocycles. The van der Waals surface area contributed by atoms with Gasteiger partial charge in [0.05, 0.1) is 5.69 Å². The van der Waals surface area contributed by atoms with Crippen molar-refractivity contribution in [2.24, 2.45) is 5.92 Å². The van der Waals surface area contributed by atoms with Gasteiger partial charge in [-0.05, 0) is 18.8 Å². The Labute approximate surface area is 79.5 Å². The molecule has 0 unspecified atom stereocenters. The van der Waals surface area contributed by atoms with E-state index in [-0.39, 0.29) is 0 Å². The van der Waals surface area contributed by atoms with E-state index in [1.54, 1.807) is 6.26 Å². The molecule has 0 atom stereocenters. The fourth-order valence-corrected chi connectivity index (χ4v) is 1.23. The average Bonchev–Trinajstić information content (AvgIpc) is 2.52. The van der Waals surface area contributed by atoms with Gasteiger partial charge < -0.3 is 9.73 Å². The molecular formula is C10H18N2O. The summed E-state index contributed by atoms with van der Waals surface area (Å²) in [6, 6.07) is 0.611. The van der Waals surface area contributed by atoms with Crippen molar-refractivity contribution in [3.05, 3.63) is 12.0 Å². The molecule has 0 bridgehead atoms. The number of aromatic nitrogens is 1. The molecule has 3 nitrogen and oxygen atoms in total. The van der Waals surface area contributed by atoms with Crippen LogP contribution in [0.1, 0.15) is 32.4 Å². The lowest BCUT2D eigenvalue weighted by atomic mass is 10.1. The van der Waals surface area contributed by atoms with Gasteiger partial charge in [-0.25, -0.2) is 0 Å².